The first-order valence-electron chi connectivity index (χ1n) is 11.6. The molecule has 0 saturated carbocycles. The number of anilines is 1. The molecule has 0 heterocycles. The number of sulfonamides is 1. The lowest BCUT2D eigenvalue weighted by atomic mass is 10.0. The van der Waals surface area contributed by atoms with Crippen LogP contribution in [0.15, 0.2) is 102 Å². The molecule has 4 aromatic rings. The summed E-state index contributed by atoms with van der Waals surface area (Å²) in [7, 11) is -3.72. The van der Waals surface area contributed by atoms with Crippen LogP contribution in [0.3, 0.4) is 0 Å². The largest absolute Gasteiger partial charge is 0.336 e. The number of benzene rings is 4. The van der Waals surface area contributed by atoms with E-state index in [0.29, 0.717) is 40.6 Å². The van der Waals surface area contributed by atoms with Gasteiger partial charge in [0.15, 0.2) is 0 Å². The van der Waals surface area contributed by atoms with Crippen LogP contribution >= 0.6 is 0 Å². The highest BCUT2D eigenvalue weighted by atomic mass is 32.2. The quantitative estimate of drug-likeness (QED) is 0.311. The number of amides is 2. The number of hydrogen-bond donors (Lipinski definition) is 3. The third-order valence-corrected chi connectivity index (χ3v) is 7.20. The minimum atomic E-state index is -3.72. The molecular weight excluding hydrogens is 474 g/mol. The van der Waals surface area contributed by atoms with Crippen LogP contribution < -0.4 is 15.4 Å². The van der Waals surface area contributed by atoms with Gasteiger partial charge in [-0.25, -0.2) is 13.1 Å². The third-order valence-electron chi connectivity index (χ3n) is 5.68. The number of fused-ring (bicyclic) bond motifs is 1. The smallest absolute Gasteiger partial charge is 0.252 e. The van der Waals surface area contributed by atoms with Gasteiger partial charge in [0.1, 0.15) is 6.04 Å². The van der Waals surface area contributed by atoms with Crippen LogP contribution in [-0.2, 0) is 14.8 Å². The topological polar surface area (TPSA) is 104 Å². The molecule has 0 aliphatic rings. The van der Waals surface area contributed by atoms with Crippen LogP contribution in [0.1, 0.15) is 35.3 Å². The summed E-state index contributed by atoms with van der Waals surface area (Å²) in [6.07, 6.45) is 0.668. The van der Waals surface area contributed by atoms with Crippen LogP contribution in [-0.4, -0.2) is 26.8 Å². The van der Waals surface area contributed by atoms with E-state index in [9.17, 15) is 18.0 Å². The maximum atomic E-state index is 13.5. The highest BCUT2D eigenvalue weighted by molar-refractivity contribution is 7.89. The molecule has 184 valence electrons. The average Bonchev–Trinajstić information content (AvgIpc) is 2.91. The van der Waals surface area contributed by atoms with Crippen LogP contribution in [0.25, 0.3) is 10.8 Å². The molecule has 36 heavy (non-hydrogen) atoms. The number of carbonyl (C=O) groups is 2. The predicted molar refractivity (Wildman–Crippen MR) is 141 cm³/mol. The van der Waals surface area contributed by atoms with Crippen LogP contribution in [0.2, 0.25) is 0 Å². The van der Waals surface area contributed by atoms with Crippen LogP contribution in [0.4, 0.5) is 5.69 Å². The van der Waals surface area contributed by atoms with Crippen molar-refractivity contribution < 1.29 is 18.0 Å². The highest BCUT2D eigenvalue weighted by Gasteiger charge is 2.24. The fraction of sp³-hybridized carbons (Fsp3) is 0.143. The standard InChI is InChI=1S/C28H27N3O4S/c1-2-19-29-36(34,35)25-18-10-15-22-23(25)16-9-17-24(22)30-28(33)26(20-11-5-3-6-12-20)31-27(32)21-13-7-4-8-14-21/h3-18,26,29H,2,19H2,1H3,(H,30,33)(H,31,32)/t26-/m0/s1. The number of carbonyl (C=O) groups excluding carboxylic acids is 2. The fourth-order valence-corrected chi connectivity index (χ4v) is 5.25. The Hall–Kier alpha value is -4.01. The average molecular weight is 502 g/mol. The summed E-state index contributed by atoms with van der Waals surface area (Å²) in [4.78, 5) is 26.5. The van der Waals surface area contributed by atoms with Crippen molar-refractivity contribution in [3.8, 4) is 0 Å². The van der Waals surface area contributed by atoms with Gasteiger partial charge in [-0.2, -0.15) is 0 Å². The van der Waals surface area contributed by atoms with Gasteiger partial charge in [-0.1, -0.05) is 79.7 Å². The van der Waals surface area contributed by atoms with Gasteiger partial charge >= 0.3 is 0 Å². The highest BCUT2D eigenvalue weighted by Crippen LogP contribution is 2.29. The van der Waals surface area contributed by atoms with Gasteiger partial charge in [-0.15, -0.1) is 0 Å². The molecule has 0 spiro atoms. The molecule has 0 unspecified atom stereocenters. The van der Waals surface area contributed by atoms with Gasteiger partial charge in [0, 0.05) is 28.6 Å². The molecule has 0 aromatic heterocycles. The van der Waals surface area contributed by atoms with E-state index in [1.165, 1.54) is 0 Å². The summed E-state index contributed by atoms with van der Waals surface area (Å²) >= 11 is 0. The summed E-state index contributed by atoms with van der Waals surface area (Å²) in [5.41, 5.74) is 1.50. The number of rotatable bonds is 9. The number of hydrogen-bond acceptors (Lipinski definition) is 4. The van der Waals surface area contributed by atoms with E-state index < -0.39 is 22.0 Å². The normalized spacial score (nSPS) is 12.1. The predicted octanol–water partition coefficient (Wildman–Crippen LogP) is 4.64. The first kappa shape index (κ1) is 25.1. The van der Waals surface area contributed by atoms with Gasteiger partial charge in [0.2, 0.25) is 10.0 Å². The molecule has 0 saturated heterocycles. The number of nitrogens with one attached hydrogen (secondary N) is 3. The lowest BCUT2D eigenvalue weighted by Gasteiger charge is -2.20. The van der Waals surface area contributed by atoms with Crippen molar-refractivity contribution in [2.45, 2.75) is 24.3 Å². The van der Waals surface area contributed by atoms with E-state index in [2.05, 4.69) is 15.4 Å². The Labute approximate surface area is 210 Å². The van der Waals surface area contributed by atoms with Gasteiger partial charge in [-0.3, -0.25) is 9.59 Å². The van der Waals surface area contributed by atoms with Gasteiger partial charge in [0.25, 0.3) is 11.8 Å². The van der Waals surface area contributed by atoms with Crippen LogP contribution in [0.5, 0.6) is 0 Å². The Morgan fingerprint density at radius 1 is 0.778 bits per heavy atom. The van der Waals surface area contributed by atoms with Crippen molar-refractivity contribution >= 4 is 38.3 Å². The van der Waals surface area contributed by atoms with Crippen molar-refractivity contribution in [2.24, 2.45) is 0 Å². The Morgan fingerprint density at radius 3 is 2.11 bits per heavy atom. The molecule has 2 amide bonds. The molecule has 0 aliphatic carbocycles. The zero-order valence-electron chi connectivity index (χ0n) is 19.8. The molecule has 0 fully saturated rings. The molecule has 3 N–H and O–H groups in total. The molecular formula is C28H27N3O4S. The van der Waals surface area contributed by atoms with E-state index >= 15 is 0 Å². The molecule has 1 atom stereocenters. The molecule has 7 nitrogen and oxygen atoms in total. The first-order chi connectivity index (χ1) is 17.4. The van der Waals surface area contributed by atoms with Crippen molar-refractivity contribution in [1.29, 1.82) is 0 Å². The Bertz CT molecular complexity index is 1470. The zero-order chi connectivity index (χ0) is 25.5. The zero-order valence-corrected chi connectivity index (χ0v) is 20.6. The van der Waals surface area contributed by atoms with Gasteiger partial charge in [0.05, 0.1) is 4.90 Å². The second kappa shape index (κ2) is 11.2. The lowest BCUT2D eigenvalue weighted by molar-refractivity contribution is -0.118. The Kier molecular flexibility index (Phi) is 7.77. The maximum Gasteiger partial charge on any atom is 0.252 e. The van der Waals surface area contributed by atoms with Gasteiger partial charge in [-0.05, 0) is 36.2 Å². The summed E-state index contributed by atoms with van der Waals surface area (Å²) < 4.78 is 28.3. The van der Waals surface area contributed by atoms with Crippen molar-refractivity contribution in [1.82, 2.24) is 10.0 Å². The summed E-state index contributed by atoms with van der Waals surface area (Å²) in [6, 6.07) is 26.7. The monoisotopic (exact) mass is 501 g/mol. The molecule has 8 heteroatoms. The molecule has 4 rings (SSSR count). The Balaban J connectivity index is 1.67. The maximum absolute atomic E-state index is 13.5. The molecule has 0 aliphatic heterocycles. The summed E-state index contributed by atoms with van der Waals surface area (Å²) in [5.74, 6) is -0.830. The second-order valence-electron chi connectivity index (χ2n) is 8.23. The van der Waals surface area contributed by atoms with Crippen molar-refractivity contribution in [2.75, 3.05) is 11.9 Å². The molecule has 4 aromatic carbocycles. The molecule has 0 bridgehead atoms. The van der Waals surface area contributed by atoms with E-state index in [1.807, 2.05) is 19.1 Å². The Morgan fingerprint density at radius 2 is 1.42 bits per heavy atom. The second-order valence-corrected chi connectivity index (χ2v) is 9.96. The van der Waals surface area contributed by atoms with E-state index in [4.69, 9.17) is 0 Å². The van der Waals surface area contributed by atoms with E-state index in [1.54, 1.807) is 84.9 Å². The first-order valence-corrected chi connectivity index (χ1v) is 13.1. The van der Waals surface area contributed by atoms with E-state index in [0.717, 1.165) is 0 Å². The van der Waals surface area contributed by atoms with Crippen molar-refractivity contribution in [3.63, 3.8) is 0 Å². The summed E-state index contributed by atoms with van der Waals surface area (Å²) in [6.45, 7) is 2.22. The SMILES string of the molecule is CCCNS(=O)(=O)c1cccc2c(NC(=O)[C@@H](NC(=O)c3ccccc3)c3ccccc3)cccc12. The van der Waals surface area contributed by atoms with E-state index in [-0.39, 0.29) is 10.8 Å². The fourth-order valence-electron chi connectivity index (χ4n) is 3.89. The minimum Gasteiger partial charge on any atom is -0.336 e. The molecule has 0 radical (unpaired) electrons. The summed E-state index contributed by atoms with van der Waals surface area (Å²) in [5, 5.41) is 6.78. The van der Waals surface area contributed by atoms with Gasteiger partial charge < -0.3 is 10.6 Å². The third kappa shape index (κ3) is 5.62. The van der Waals surface area contributed by atoms with Crippen LogP contribution in [0, 0.1) is 0 Å². The van der Waals surface area contributed by atoms with Crippen molar-refractivity contribution in [3.05, 3.63) is 108 Å². The minimum absolute atomic E-state index is 0.140. The lowest BCUT2D eigenvalue weighted by Crippen LogP contribution is -2.37.